The first kappa shape index (κ1) is 25.9. The average Bonchev–Trinajstić information content (AvgIpc) is 2.57. The van der Waals surface area contributed by atoms with Gasteiger partial charge < -0.3 is 15.4 Å². The Morgan fingerprint density at radius 2 is 2.00 bits per heavy atom. The second-order valence-corrected chi connectivity index (χ2v) is 8.78. The average molecular weight is 504 g/mol. The molecule has 0 aromatic rings. The lowest BCUT2D eigenvalue weighted by Gasteiger charge is -2.34. The topological polar surface area (TPSA) is 83.0 Å². The third kappa shape index (κ3) is 12.3. The van der Waals surface area contributed by atoms with E-state index in [0.29, 0.717) is 19.2 Å². The molecule has 1 aliphatic heterocycles. The van der Waals surface area contributed by atoms with Crippen molar-refractivity contribution in [3.8, 4) is 0 Å². The smallest absolute Gasteiger partial charge is 0.191 e. The van der Waals surface area contributed by atoms with E-state index in [1.807, 2.05) is 6.92 Å². The van der Waals surface area contributed by atoms with Crippen molar-refractivity contribution < 1.29 is 13.2 Å². The summed E-state index contributed by atoms with van der Waals surface area (Å²) in [5.74, 6) is 0.856. The maximum absolute atomic E-state index is 11.0. The summed E-state index contributed by atoms with van der Waals surface area (Å²) in [5, 5.41) is 6.46. The maximum atomic E-state index is 11.0. The highest BCUT2D eigenvalue weighted by Gasteiger charge is 2.19. The molecular formula is C17H37IN4O3S. The van der Waals surface area contributed by atoms with Crippen molar-refractivity contribution in [2.45, 2.75) is 45.6 Å². The molecule has 1 unspecified atom stereocenters. The number of piperidine rings is 1. The Bertz CT molecular complexity index is 488. The minimum atomic E-state index is -2.95. The van der Waals surface area contributed by atoms with Crippen LogP contribution in [0.4, 0.5) is 0 Å². The molecule has 156 valence electrons. The van der Waals surface area contributed by atoms with Crippen LogP contribution in [0.1, 0.15) is 39.5 Å². The number of hydrogen-bond donors (Lipinski definition) is 2. The molecule has 1 atom stereocenters. The maximum Gasteiger partial charge on any atom is 0.191 e. The summed E-state index contributed by atoms with van der Waals surface area (Å²) in [5.41, 5.74) is 0. The van der Waals surface area contributed by atoms with Crippen molar-refractivity contribution in [1.82, 2.24) is 15.5 Å². The third-order valence-corrected chi connectivity index (χ3v) is 5.27. The lowest BCUT2D eigenvalue weighted by Crippen LogP contribution is -2.42. The number of rotatable bonds is 11. The Kier molecular flexibility index (Phi) is 14.8. The lowest BCUT2D eigenvalue weighted by molar-refractivity contribution is 0.148. The monoisotopic (exact) mass is 504 g/mol. The van der Waals surface area contributed by atoms with Crippen LogP contribution >= 0.6 is 24.0 Å². The standard InChI is InChI=1S/C17H36N4O3S.HI/c1-4-16-8-6-7-11-21(16)12-9-19-17(18-5-2)20-10-13-24-14-15-25(3,22)23;/h16H,4-15H2,1-3H3,(H2,18,19,20);1H. The van der Waals surface area contributed by atoms with Crippen molar-refractivity contribution >= 4 is 39.8 Å². The first-order valence-corrected chi connectivity index (χ1v) is 11.5. The minimum Gasteiger partial charge on any atom is -0.379 e. The molecule has 2 N–H and O–H groups in total. The number of aliphatic imine (C=N–C) groups is 1. The number of hydrogen-bond acceptors (Lipinski definition) is 5. The van der Waals surface area contributed by atoms with Gasteiger partial charge in [0.2, 0.25) is 0 Å². The highest BCUT2D eigenvalue weighted by molar-refractivity contribution is 14.0. The van der Waals surface area contributed by atoms with Gasteiger partial charge in [0.1, 0.15) is 9.84 Å². The van der Waals surface area contributed by atoms with E-state index >= 15 is 0 Å². The van der Waals surface area contributed by atoms with Crippen LogP contribution in [0.3, 0.4) is 0 Å². The van der Waals surface area contributed by atoms with Crippen LogP contribution < -0.4 is 10.6 Å². The summed E-state index contributed by atoms with van der Waals surface area (Å²) < 4.78 is 27.4. The molecule has 9 heteroatoms. The number of guanidine groups is 1. The van der Waals surface area contributed by atoms with E-state index in [9.17, 15) is 8.42 Å². The molecule has 0 aliphatic carbocycles. The molecule has 1 aliphatic rings. The molecular weight excluding hydrogens is 467 g/mol. The first-order chi connectivity index (χ1) is 12.0. The summed E-state index contributed by atoms with van der Waals surface area (Å²) in [6, 6.07) is 0.711. The van der Waals surface area contributed by atoms with Gasteiger partial charge in [-0.25, -0.2) is 8.42 Å². The van der Waals surface area contributed by atoms with Gasteiger partial charge in [-0.3, -0.25) is 9.89 Å². The summed E-state index contributed by atoms with van der Waals surface area (Å²) in [7, 11) is -2.95. The summed E-state index contributed by atoms with van der Waals surface area (Å²) >= 11 is 0. The lowest BCUT2D eigenvalue weighted by atomic mass is 10.0. The zero-order valence-corrected chi connectivity index (χ0v) is 19.6. The fourth-order valence-electron chi connectivity index (χ4n) is 3.00. The Hall–Kier alpha value is -0.130. The zero-order chi connectivity index (χ0) is 18.5. The predicted octanol–water partition coefficient (Wildman–Crippen LogP) is 1.49. The molecule has 0 aromatic carbocycles. The number of nitrogens with zero attached hydrogens (tertiary/aromatic N) is 2. The zero-order valence-electron chi connectivity index (χ0n) is 16.5. The van der Waals surface area contributed by atoms with Gasteiger partial charge in [-0.1, -0.05) is 13.3 Å². The van der Waals surface area contributed by atoms with Gasteiger partial charge in [-0.05, 0) is 32.7 Å². The molecule has 1 fully saturated rings. The Morgan fingerprint density at radius 3 is 2.65 bits per heavy atom. The second-order valence-electron chi connectivity index (χ2n) is 6.52. The SMILES string of the molecule is CCNC(=NCCN1CCCCC1CC)NCCOCCS(C)(=O)=O.I. The second kappa shape index (κ2) is 14.9. The van der Waals surface area contributed by atoms with Crippen molar-refractivity contribution in [1.29, 1.82) is 0 Å². The third-order valence-electron chi connectivity index (χ3n) is 4.36. The minimum absolute atomic E-state index is 0. The molecule has 0 spiro atoms. The molecule has 0 radical (unpaired) electrons. The normalized spacial score (nSPS) is 19.0. The number of sulfone groups is 1. The Balaban J connectivity index is 0.00000625. The summed E-state index contributed by atoms with van der Waals surface area (Å²) in [6.45, 7) is 9.39. The molecule has 0 aromatic heterocycles. The fraction of sp³-hybridized carbons (Fsp3) is 0.941. The molecule has 1 heterocycles. The van der Waals surface area contributed by atoms with Gasteiger partial charge in [-0.2, -0.15) is 0 Å². The Morgan fingerprint density at radius 1 is 1.23 bits per heavy atom. The van der Waals surface area contributed by atoms with Crippen molar-refractivity contribution in [3.63, 3.8) is 0 Å². The van der Waals surface area contributed by atoms with Gasteiger partial charge >= 0.3 is 0 Å². The van der Waals surface area contributed by atoms with Gasteiger partial charge in [0, 0.05) is 31.9 Å². The van der Waals surface area contributed by atoms with Gasteiger partial charge in [0.15, 0.2) is 5.96 Å². The van der Waals surface area contributed by atoms with Crippen molar-refractivity contribution in [2.24, 2.45) is 4.99 Å². The number of halogens is 1. The van der Waals surface area contributed by atoms with Gasteiger partial charge in [0.25, 0.3) is 0 Å². The molecule has 1 saturated heterocycles. The van der Waals surface area contributed by atoms with E-state index < -0.39 is 9.84 Å². The first-order valence-electron chi connectivity index (χ1n) is 9.48. The number of likely N-dealkylation sites (tertiary alicyclic amines) is 1. The molecule has 1 rings (SSSR count). The molecule has 26 heavy (non-hydrogen) atoms. The summed E-state index contributed by atoms with van der Waals surface area (Å²) in [4.78, 5) is 7.20. The van der Waals surface area contributed by atoms with Crippen LogP contribution in [-0.2, 0) is 14.6 Å². The molecule has 0 amide bonds. The highest BCUT2D eigenvalue weighted by Crippen LogP contribution is 2.18. The molecule has 0 bridgehead atoms. The summed E-state index contributed by atoms with van der Waals surface area (Å²) in [6.07, 6.45) is 6.39. The largest absolute Gasteiger partial charge is 0.379 e. The van der Waals surface area contributed by atoms with Crippen molar-refractivity contribution in [2.75, 3.05) is 57.9 Å². The molecule has 7 nitrogen and oxygen atoms in total. The fourth-order valence-corrected chi connectivity index (χ4v) is 3.42. The van der Waals surface area contributed by atoms with Crippen LogP contribution in [-0.4, -0.2) is 83.3 Å². The van der Waals surface area contributed by atoms with E-state index in [2.05, 4.69) is 27.4 Å². The van der Waals surface area contributed by atoms with Crippen molar-refractivity contribution in [3.05, 3.63) is 0 Å². The molecule has 0 saturated carbocycles. The van der Waals surface area contributed by atoms with E-state index in [0.717, 1.165) is 25.6 Å². The highest BCUT2D eigenvalue weighted by atomic mass is 127. The van der Waals surface area contributed by atoms with Crippen LogP contribution in [0.2, 0.25) is 0 Å². The van der Waals surface area contributed by atoms with Crippen LogP contribution in [0.15, 0.2) is 4.99 Å². The predicted molar refractivity (Wildman–Crippen MR) is 119 cm³/mol. The van der Waals surface area contributed by atoms with E-state index in [1.165, 1.54) is 38.5 Å². The number of ether oxygens (including phenoxy) is 1. The van der Waals surface area contributed by atoms with Gasteiger partial charge in [0.05, 0.1) is 25.5 Å². The van der Waals surface area contributed by atoms with Gasteiger partial charge in [-0.15, -0.1) is 24.0 Å². The van der Waals surface area contributed by atoms with Crippen LogP contribution in [0, 0.1) is 0 Å². The van der Waals surface area contributed by atoms with E-state index in [4.69, 9.17) is 4.74 Å². The van der Waals surface area contributed by atoms with E-state index in [-0.39, 0.29) is 36.3 Å². The Labute approximate surface area is 176 Å². The van der Waals surface area contributed by atoms with Crippen LogP contribution in [0.5, 0.6) is 0 Å². The van der Waals surface area contributed by atoms with E-state index in [1.54, 1.807) is 0 Å². The quantitative estimate of drug-likeness (QED) is 0.192. The van der Waals surface area contributed by atoms with Crippen LogP contribution in [0.25, 0.3) is 0 Å². The number of nitrogens with one attached hydrogen (secondary N) is 2.